The van der Waals surface area contributed by atoms with Gasteiger partial charge in [-0.2, -0.15) is 0 Å². The number of nitrogens with zero attached hydrogens (tertiary/aromatic N) is 2. The standard InChI is InChI=1S/C20H21N3O2S/c1-14-9-15(2)20(16(3)10-14)26(24,25)23-12-18-11-19(22-13-21-18)17-7-5-4-6-8-17/h4-11,13,23H,12H2,1-3H3. The Bertz CT molecular complexity index is 1010. The molecule has 0 saturated carbocycles. The van der Waals surface area contributed by atoms with Gasteiger partial charge in [0.05, 0.1) is 22.8 Å². The molecule has 0 aliphatic rings. The van der Waals surface area contributed by atoms with Gasteiger partial charge in [0.2, 0.25) is 10.0 Å². The van der Waals surface area contributed by atoms with Crippen LogP contribution in [0, 0.1) is 20.8 Å². The lowest BCUT2D eigenvalue weighted by Gasteiger charge is -2.13. The average Bonchev–Trinajstić information content (AvgIpc) is 2.60. The average molecular weight is 367 g/mol. The molecule has 1 aromatic heterocycles. The number of aromatic nitrogens is 2. The number of hydrogen-bond donors (Lipinski definition) is 1. The molecule has 2 aromatic carbocycles. The Labute approximate surface area is 154 Å². The Morgan fingerprint density at radius 1 is 0.923 bits per heavy atom. The second-order valence-electron chi connectivity index (χ2n) is 6.31. The summed E-state index contributed by atoms with van der Waals surface area (Å²) < 4.78 is 28.2. The van der Waals surface area contributed by atoms with E-state index in [2.05, 4.69) is 14.7 Å². The summed E-state index contributed by atoms with van der Waals surface area (Å²) in [5, 5.41) is 0. The summed E-state index contributed by atoms with van der Waals surface area (Å²) in [6.45, 7) is 5.69. The number of hydrogen-bond acceptors (Lipinski definition) is 4. The normalized spacial score (nSPS) is 11.5. The third-order valence-electron chi connectivity index (χ3n) is 4.11. The highest BCUT2D eigenvalue weighted by Gasteiger charge is 2.19. The quantitative estimate of drug-likeness (QED) is 0.749. The lowest BCUT2D eigenvalue weighted by molar-refractivity contribution is 0.579. The molecule has 0 aliphatic carbocycles. The van der Waals surface area contributed by atoms with Gasteiger partial charge in [-0.05, 0) is 38.0 Å². The van der Waals surface area contributed by atoms with Crippen LogP contribution in [-0.4, -0.2) is 18.4 Å². The SMILES string of the molecule is Cc1cc(C)c(S(=O)(=O)NCc2cc(-c3ccccc3)ncn2)c(C)c1. The van der Waals surface area contributed by atoms with Crippen LogP contribution in [-0.2, 0) is 16.6 Å². The van der Waals surface area contributed by atoms with Crippen LogP contribution in [0.3, 0.4) is 0 Å². The summed E-state index contributed by atoms with van der Waals surface area (Å²) in [6.07, 6.45) is 1.45. The maximum atomic E-state index is 12.8. The zero-order valence-electron chi connectivity index (χ0n) is 15.0. The number of rotatable bonds is 5. The predicted octanol–water partition coefficient (Wildman–Crippen LogP) is 3.55. The first kappa shape index (κ1) is 18.2. The van der Waals surface area contributed by atoms with Crippen molar-refractivity contribution in [2.24, 2.45) is 0 Å². The van der Waals surface area contributed by atoms with Crippen molar-refractivity contribution in [1.29, 1.82) is 0 Å². The fourth-order valence-electron chi connectivity index (χ4n) is 3.09. The molecule has 0 radical (unpaired) electrons. The molecule has 0 fully saturated rings. The molecular weight excluding hydrogens is 346 g/mol. The van der Waals surface area contributed by atoms with Gasteiger partial charge >= 0.3 is 0 Å². The van der Waals surface area contributed by atoms with E-state index in [9.17, 15) is 8.42 Å². The molecule has 0 aliphatic heterocycles. The maximum Gasteiger partial charge on any atom is 0.241 e. The Morgan fingerprint density at radius 3 is 2.23 bits per heavy atom. The zero-order valence-corrected chi connectivity index (χ0v) is 15.8. The van der Waals surface area contributed by atoms with Crippen molar-refractivity contribution in [3.63, 3.8) is 0 Å². The lowest BCUT2D eigenvalue weighted by atomic mass is 10.1. The van der Waals surface area contributed by atoms with E-state index in [0.717, 1.165) is 27.9 Å². The molecule has 0 saturated heterocycles. The van der Waals surface area contributed by atoms with Crippen LogP contribution in [0.25, 0.3) is 11.3 Å². The minimum Gasteiger partial charge on any atom is -0.240 e. The highest BCUT2D eigenvalue weighted by atomic mass is 32.2. The zero-order chi connectivity index (χ0) is 18.7. The number of nitrogens with one attached hydrogen (secondary N) is 1. The van der Waals surface area contributed by atoms with E-state index in [1.807, 2.05) is 63.2 Å². The van der Waals surface area contributed by atoms with E-state index in [1.165, 1.54) is 6.33 Å². The molecule has 0 unspecified atom stereocenters. The molecule has 0 spiro atoms. The van der Waals surface area contributed by atoms with Crippen LogP contribution in [0.5, 0.6) is 0 Å². The van der Waals surface area contributed by atoms with Gasteiger partial charge in [0.15, 0.2) is 0 Å². The topological polar surface area (TPSA) is 72.0 Å². The van der Waals surface area contributed by atoms with Gasteiger partial charge in [0.25, 0.3) is 0 Å². The third-order valence-corrected chi connectivity index (χ3v) is 5.82. The van der Waals surface area contributed by atoms with E-state index in [-0.39, 0.29) is 6.54 Å². The van der Waals surface area contributed by atoms with E-state index in [4.69, 9.17) is 0 Å². The van der Waals surface area contributed by atoms with E-state index >= 15 is 0 Å². The smallest absolute Gasteiger partial charge is 0.240 e. The molecule has 3 rings (SSSR count). The predicted molar refractivity (Wildman–Crippen MR) is 102 cm³/mol. The van der Waals surface area contributed by atoms with Crippen molar-refractivity contribution in [2.75, 3.05) is 0 Å². The van der Waals surface area contributed by atoms with Crippen LogP contribution in [0.15, 0.2) is 59.8 Å². The molecule has 0 bridgehead atoms. The first-order chi connectivity index (χ1) is 12.4. The Hall–Kier alpha value is -2.57. The Kier molecular flexibility index (Phi) is 5.15. The molecule has 6 heteroatoms. The highest BCUT2D eigenvalue weighted by Crippen LogP contribution is 2.22. The fourth-order valence-corrected chi connectivity index (χ4v) is 4.54. The summed E-state index contributed by atoms with van der Waals surface area (Å²) >= 11 is 0. The van der Waals surface area contributed by atoms with Crippen LogP contribution < -0.4 is 4.72 Å². The van der Waals surface area contributed by atoms with Crippen molar-refractivity contribution in [3.05, 3.63) is 77.2 Å². The first-order valence-electron chi connectivity index (χ1n) is 8.31. The van der Waals surface area contributed by atoms with Gasteiger partial charge in [0.1, 0.15) is 6.33 Å². The minimum atomic E-state index is -3.62. The molecule has 1 N–H and O–H groups in total. The molecule has 3 aromatic rings. The molecule has 1 heterocycles. The second-order valence-corrected chi connectivity index (χ2v) is 8.02. The van der Waals surface area contributed by atoms with Gasteiger partial charge in [-0.1, -0.05) is 48.0 Å². The largest absolute Gasteiger partial charge is 0.241 e. The van der Waals surface area contributed by atoms with Gasteiger partial charge in [0, 0.05) is 5.56 Å². The van der Waals surface area contributed by atoms with Gasteiger partial charge in [-0.25, -0.2) is 23.1 Å². The van der Waals surface area contributed by atoms with E-state index in [0.29, 0.717) is 10.6 Å². The van der Waals surface area contributed by atoms with Crippen molar-refractivity contribution in [2.45, 2.75) is 32.2 Å². The summed E-state index contributed by atoms with van der Waals surface area (Å²) in [5.74, 6) is 0. The van der Waals surface area contributed by atoms with Crippen LogP contribution >= 0.6 is 0 Å². The molecule has 26 heavy (non-hydrogen) atoms. The summed E-state index contributed by atoms with van der Waals surface area (Å²) in [5.41, 5.74) is 4.86. The lowest BCUT2D eigenvalue weighted by Crippen LogP contribution is -2.25. The second kappa shape index (κ2) is 7.35. The highest BCUT2D eigenvalue weighted by molar-refractivity contribution is 7.89. The maximum absolute atomic E-state index is 12.8. The third kappa shape index (κ3) is 3.98. The minimum absolute atomic E-state index is 0.109. The van der Waals surface area contributed by atoms with Gasteiger partial charge in [-0.3, -0.25) is 0 Å². The molecule has 0 amide bonds. The van der Waals surface area contributed by atoms with Crippen molar-refractivity contribution >= 4 is 10.0 Å². The fraction of sp³-hybridized carbons (Fsp3) is 0.200. The van der Waals surface area contributed by atoms with Crippen molar-refractivity contribution in [3.8, 4) is 11.3 Å². The number of benzene rings is 2. The molecule has 134 valence electrons. The van der Waals surface area contributed by atoms with Crippen molar-refractivity contribution < 1.29 is 8.42 Å². The van der Waals surface area contributed by atoms with Crippen LogP contribution in [0.2, 0.25) is 0 Å². The molecule has 5 nitrogen and oxygen atoms in total. The van der Waals surface area contributed by atoms with Crippen LogP contribution in [0.1, 0.15) is 22.4 Å². The van der Waals surface area contributed by atoms with Gasteiger partial charge in [-0.15, -0.1) is 0 Å². The number of sulfonamides is 1. The van der Waals surface area contributed by atoms with E-state index in [1.54, 1.807) is 6.07 Å². The number of aryl methyl sites for hydroxylation is 3. The summed E-state index contributed by atoms with van der Waals surface area (Å²) in [4.78, 5) is 8.78. The molecular formula is C20H21N3O2S. The Morgan fingerprint density at radius 2 is 1.58 bits per heavy atom. The summed E-state index contributed by atoms with van der Waals surface area (Å²) in [6, 6.07) is 15.3. The van der Waals surface area contributed by atoms with Crippen molar-refractivity contribution in [1.82, 2.24) is 14.7 Å². The summed E-state index contributed by atoms with van der Waals surface area (Å²) in [7, 11) is -3.62. The first-order valence-corrected chi connectivity index (χ1v) is 9.79. The Balaban J connectivity index is 1.83. The van der Waals surface area contributed by atoms with E-state index < -0.39 is 10.0 Å². The molecule has 0 atom stereocenters. The van der Waals surface area contributed by atoms with Crippen LogP contribution in [0.4, 0.5) is 0 Å². The monoisotopic (exact) mass is 367 g/mol. The van der Waals surface area contributed by atoms with Gasteiger partial charge < -0.3 is 0 Å².